The number of phenolic OH excluding ortho intramolecular Hbond substituents is 1. The lowest BCUT2D eigenvalue weighted by Gasteiger charge is -2.59. The highest BCUT2D eigenvalue weighted by Gasteiger charge is 2.71. The van der Waals surface area contributed by atoms with E-state index in [4.69, 9.17) is 4.42 Å². The van der Waals surface area contributed by atoms with Gasteiger partial charge in [0.1, 0.15) is 34.4 Å². The van der Waals surface area contributed by atoms with Crippen LogP contribution in [0.25, 0.3) is 11.3 Å². The van der Waals surface area contributed by atoms with Gasteiger partial charge in [-0.25, -0.2) is 0 Å². The first kappa shape index (κ1) is 31.8. The highest BCUT2D eigenvalue weighted by atomic mass is 16.4. The zero-order valence-corrected chi connectivity index (χ0v) is 27.1. The van der Waals surface area contributed by atoms with E-state index < -0.39 is 56.8 Å². The van der Waals surface area contributed by atoms with Crippen LogP contribution >= 0.6 is 0 Å². The molecule has 0 saturated carbocycles. The minimum Gasteiger partial charge on any atom is -0.511 e. The number of aromatic hydroxyl groups is 1. The van der Waals surface area contributed by atoms with Gasteiger partial charge in [0.25, 0.3) is 0 Å². The number of aliphatic hydroxyl groups excluding tert-OH is 2. The molecule has 0 saturated heterocycles. The second kappa shape index (κ2) is 10.2. The second-order valence-corrected chi connectivity index (χ2v) is 14.7. The van der Waals surface area contributed by atoms with Crippen molar-refractivity contribution in [1.29, 1.82) is 0 Å². The second-order valence-electron chi connectivity index (χ2n) is 14.7. The molecule has 5 rings (SSSR count). The number of phenols is 1. The third-order valence-corrected chi connectivity index (χ3v) is 10.2. The molecule has 0 aliphatic heterocycles. The van der Waals surface area contributed by atoms with E-state index in [0.29, 0.717) is 29.2 Å². The maximum absolute atomic E-state index is 14.6. The summed E-state index contributed by atoms with van der Waals surface area (Å²) in [6, 6.07) is 5.47. The Morgan fingerprint density at radius 3 is 2.23 bits per heavy atom. The number of benzene rings is 1. The molecule has 1 aromatic heterocycles. The summed E-state index contributed by atoms with van der Waals surface area (Å²) >= 11 is 0. The number of carbonyl (C=O) groups excluding carboxylic acids is 3. The standard InChI is InChI=1S/C36H44O8/c1-16(2)12-20-10-11-24(44-20)22-13-21(17(3)4)23-14-34(8)15-35(9)27(18(5)6)30(39)25(19(7)37)32(41)36(35,43)33(42)28(34)31(40)26(23)29(22)38/h10-11,13,16-18,27,38-39,42-43H,12,14-15H2,1-9H3/t27?,34-,35-,36+/m1/s1. The normalized spacial score (nSPS) is 28.6. The van der Waals surface area contributed by atoms with Crippen molar-refractivity contribution >= 4 is 17.3 Å². The van der Waals surface area contributed by atoms with Gasteiger partial charge in [-0.05, 0) is 66.8 Å². The molecule has 4 atom stereocenters. The molecule has 4 N–H and O–H groups in total. The molecular formula is C36H44O8. The number of Topliss-reactive ketones (excluding diaryl/α,β-unsaturated/α-hetero) is 3. The first-order valence-electron chi connectivity index (χ1n) is 15.5. The van der Waals surface area contributed by atoms with Crippen molar-refractivity contribution in [1.82, 2.24) is 0 Å². The Kier molecular flexibility index (Phi) is 7.36. The van der Waals surface area contributed by atoms with E-state index in [1.54, 1.807) is 13.0 Å². The average Bonchev–Trinajstić information content (AvgIpc) is 3.33. The van der Waals surface area contributed by atoms with E-state index in [-0.39, 0.29) is 41.6 Å². The van der Waals surface area contributed by atoms with E-state index in [1.165, 1.54) is 0 Å². The highest BCUT2D eigenvalue weighted by molar-refractivity contribution is 6.25. The summed E-state index contributed by atoms with van der Waals surface area (Å²) in [5, 5.41) is 47.2. The number of hydrogen-bond donors (Lipinski definition) is 4. The van der Waals surface area contributed by atoms with Crippen LogP contribution in [-0.4, -0.2) is 43.4 Å². The maximum Gasteiger partial charge on any atom is 0.209 e. The Bertz CT molecular complexity index is 1670. The van der Waals surface area contributed by atoms with Gasteiger partial charge in [0.05, 0.1) is 11.1 Å². The van der Waals surface area contributed by atoms with E-state index in [0.717, 1.165) is 18.2 Å². The Morgan fingerprint density at radius 1 is 1.05 bits per heavy atom. The average molecular weight is 605 g/mol. The van der Waals surface area contributed by atoms with E-state index >= 15 is 0 Å². The Hall–Kier alpha value is -3.65. The predicted molar refractivity (Wildman–Crippen MR) is 166 cm³/mol. The fourth-order valence-corrected chi connectivity index (χ4v) is 8.57. The van der Waals surface area contributed by atoms with Gasteiger partial charge >= 0.3 is 0 Å². The molecule has 2 aromatic rings. The van der Waals surface area contributed by atoms with Crippen molar-refractivity contribution in [2.24, 2.45) is 28.6 Å². The molecule has 0 spiro atoms. The number of carbonyl (C=O) groups is 3. The van der Waals surface area contributed by atoms with Crippen molar-refractivity contribution in [2.75, 3.05) is 0 Å². The lowest BCUT2D eigenvalue weighted by molar-refractivity contribution is -0.171. The van der Waals surface area contributed by atoms with Gasteiger partial charge in [-0.2, -0.15) is 0 Å². The van der Waals surface area contributed by atoms with Crippen LogP contribution in [0.3, 0.4) is 0 Å². The molecule has 1 heterocycles. The third-order valence-electron chi connectivity index (χ3n) is 10.2. The number of ketones is 3. The van der Waals surface area contributed by atoms with Crippen molar-refractivity contribution in [3.63, 3.8) is 0 Å². The van der Waals surface area contributed by atoms with Gasteiger partial charge in [0.2, 0.25) is 5.78 Å². The number of allylic oxidation sites excluding steroid dienone is 2. The molecule has 8 heteroatoms. The minimum atomic E-state index is -2.64. The summed E-state index contributed by atoms with van der Waals surface area (Å²) < 4.78 is 6.08. The van der Waals surface area contributed by atoms with Crippen LogP contribution in [0.4, 0.5) is 0 Å². The monoisotopic (exact) mass is 604 g/mol. The minimum absolute atomic E-state index is 0.00749. The first-order chi connectivity index (χ1) is 20.3. The molecule has 1 unspecified atom stereocenters. The Labute approximate surface area is 258 Å². The molecule has 0 bridgehead atoms. The molecule has 3 aliphatic carbocycles. The molecule has 1 aromatic carbocycles. The van der Waals surface area contributed by atoms with Crippen molar-refractivity contribution in [2.45, 2.75) is 93.1 Å². The fraction of sp³-hybridized carbons (Fsp3) is 0.528. The van der Waals surface area contributed by atoms with Crippen molar-refractivity contribution in [3.8, 4) is 17.1 Å². The summed E-state index contributed by atoms with van der Waals surface area (Å²) in [4.78, 5) is 41.1. The smallest absolute Gasteiger partial charge is 0.209 e. The molecule has 8 nitrogen and oxygen atoms in total. The highest BCUT2D eigenvalue weighted by Crippen LogP contribution is 2.65. The SMILES string of the molecule is CC(=O)C1=C(O)C(C(C)C)[C@@]2(C)C[C@@]3(C)Cc4c(C(C)C)cc(-c5ccc(CC(C)C)o5)c(O)c4C(=O)C3=C(O)[C@@]2(O)C1=O. The van der Waals surface area contributed by atoms with Gasteiger partial charge in [-0.15, -0.1) is 0 Å². The van der Waals surface area contributed by atoms with Crippen molar-refractivity contribution < 1.29 is 39.2 Å². The zero-order valence-electron chi connectivity index (χ0n) is 27.1. The zero-order chi connectivity index (χ0) is 32.8. The quantitative estimate of drug-likeness (QED) is 0.260. The molecule has 44 heavy (non-hydrogen) atoms. The molecular weight excluding hydrogens is 560 g/mol. The number of fused-ring (bicyclic) bond motifs is 3. The fourth-order valence-electron chi connectivity index (χ4n) is 8.57. The number of aliphatic hydroxyl groups is 3. The lowest BCUT2D eigenvalue weighted by Crippen LogP contribution is -2.67. The molecule has 0 amide bonds. The van der Waals surface area contributed by atoms with Crippen LogP contribution in [-0.2, 0) is 22.4 Å². The van der Waals surface area contributed by atoms with Crippen LogP contribution in [0.1, 0.15) is 102 Å². The summed E-state index contributed by atoms with van der Waals surface area (Å²) in [6.45, 7) is 16.4. The molecule has 0 radical (unpaired) electrons. The summed E-state index contributed by atoms with van der Waals surface area (Å²) in [6.07, 6.45) is 0.998. The number of furan rings is 1. The predicted octanol–water partition coefficient (Wildman–Crippen LogP) is 6.93. The van der Waals surface area contributed by atoms with Crippen LogP contribution < -0.4 is 0 Å². The molecule has 3 aliphatic rings. The van der Waals surface area contributed by atoms with E-state index in [1.807, 2.05) is 46.8 Å². The number of hydrogen-bond acceptors (Lipinski definition) is 8. The van der Waals surface area contributed by atoms with Crippen LogP contribution in [0, 0.1) is 28.6 Å². The Morgan fingerprint density at radius 2 is 1.68 bits per heavy atom. The van der Waals surface area contributed by atoms with Crippen LogP contribution in [0.5, 0.6) is 5.75 Å². The Balaban J connectivity index is 1.79. The third kappa shape index (κ3) is 4.16. The van der Waals surface area contributed by atoms with E-state index in [9.17, 15) is 34.8 Å². The van der Waals surface area contributed by atoms with Gasteiger partial charge in [0.15, 0.2) is 17.2 Å². The van der Waals surface area contributed by atoms with Crippen molar-refractivity contribution in [3.05, 3.63) is 63.3 Å². The summed E-state index contributed by atoms with van der Waals surface area (Å²) in [5.41, 5.74) is -4.05. The largest absolute Gasteiger partial charge is 0.511 e. The first-order valence-corrected chi connectivity index (χ1v) is 15.5. The van der Waals surface area contributed by atoms with Gasteiger partial charge in [0, 0.05) is 28.7 Å². The number of rotatable bonds is 6. The maximum atomic E-state index is 14.6. The summed E-state index contributed by atoms with van der Waals surface area (Å²) in [7, 11) is 0. The van der Waals surface area contributed by atoms with Gasteiger partial charge < -0.3 is 24.8 Å². The van der Waals surface area contributed by atoms with Gasteiger partial charge in [-0.1, -0.05) is 55.4 Å². The molecule has 236 valence electrons. The van der Waals surface area contributed by atoms with Crippen LogP contribution in [0.15, 0.2) is 45.3 Å². The molecule has 0 fully saturated rings. The lowest BCUT2D eigenvalue weighted by atomic mass is 9.44. The van der Waals surface area contributed by atoms with Gasteiger partial charge in [-0.3, -0.25) is 14.4 Å². The van der Waals surface area contributed by atoms with Crippen LogP contribution in [0.2, 0.25) is 0 Å². The topological polar surface area (TPSA) is 145 Å². The van der Waals surface area contributed by atoms with E-state index in [2.05, 4.69) is 13.8 Å². The summed E-state index contributed by atoms with van der Waals surface area (Å²) in [5.74, 6) is -3.77.